The van der Waals surface area contributed by atoms with Gasteiger partial charge in [-0.05, 0) is 44.2 Å². The fourth-order valence-electron chi connectivity index (χ4n) is 2.38. The third-order valence-electron chi connectivity index (χ3n) is 3.40. The number of hydrogen-bond acceptors (Lipinski definition) is 3. The molecule has 1 N–H and O–H groups in total. The number of methoxy groups -OCH3 is 1. The van der Waals surface area contributed by atoms with Gasteiger partial charge in [-0.2, -0.15) is 5.10 Å². The monoisotopic (exact) mass is 277 g/mol. The second-order valence-corrected chi connectivity index (χ2v) is 4.85. The van der Waals surface area contributed by atoms with Gasteiger partial charge in [-0.3, -0.25) is 4.68 Å². The molecule has 0 aliphatic carbocycles. The van der Waals surface area contributed by atoms with Crippen molar-refractivity contribution in [2.45, 2.75) is 19.4 Å². The lowest BCUT2D eigenvalue weighted by Gasteiger charge is -2.17. The van der Waals surface area contributed by atoms with Crippen molar-refractivity contribution in [2.75, 3.05) is 14.2 Å². The van der Waals surface area contributed by atoms with Gasteiger partial charge in [0.15, 0.2) is 11.6 Å². The highest BCUT2D eigenvalue weighted by Crippen LogP contribution is 2.22. The van der Waals surface area contributed by atoms with Crippen LogP contribution in [0.4, 0.5) is 4.39 Å². The summed E-state index contributed by atoms with van der Waals surface area (Å²) in [5.41, 5.74) is 2.98. The summed E-state index contributed by atoms with van der Waals surface area (Å²) in [6.07, 6.45) is 0.691. The first-order valence-corrected chi connectivity index (χ1v) is 6.55. The average Bonchev–Trinajstić information content (AvgIpc) is 2.75. The van der Waals surface area contributed by atoms with Gasteiger partial charge in [0.1, 0.15) is 0 Å². The molecule has 2 aromatic rings. The standard InChI is InChI=1S/C15H20FN3O/c1-10-7-14(19(3)18-10)13(17-2)9-11-5-6-15(20-4)12(16)8-11/h5-8,13,17H,9H2,1-4H3. The number of rotatable bonds is 5. The van der Waals surface area contributed by atoms with Gasteiger partial charge in [0.05, 0.1) is 24.5 Å². The van der Waals surface area contributed by atoms with E-state index in [0.717, 1.165) is 17.0 Å². The van der Waals surface area contributed by atoms with Crippen molar-refractivity contribution in [2.24, 2.45) is 7.05 Å². The summed E-state index contributed by atoms with van der Waals surface area (Å²) in [7, 11) is 5.28. The second kappa shape index (κ2) is 6.05. The van der Waals surface area contributed by atoms with Crippen molar-refractivity contribution >= 4 is 0 Å². The molecule has 1 heterocycles. The molecule has 0 fully saturated rings. The van der Waals surface area contributed by atoms with Crippen LogP contribution < -0.4 is 10.1 Å². The lowest BCUT2D eigenvalue weighted by Crippen LogP contribution is -2.21. The first-order chi connectivity index (χ1) is 9.55. The molecule has 0 radical (unpaired) electrons. The van der Waals surface area contributed by atoms with Crippen LogP contribution in [-0.2, 0) is 13.5 Å². The number of aryl methyl sites for hydroxylation is 2. The maximum Gasteiger partial charge on any atom is 0.165 e. The SMILES string of the molecule is CNC(Cc1ccc(OC)c(F)c1)c1cc(C)nn1C. The molecular weight excluding hydrogens is 257 g/mol. The van der Waals surface area contributed by atoms with E-state index in [1.165, 1.54) is 13.2 Å². The third kappa shape index (κ3) is 2.99. The molecule has 0 aliphatic heterocycles. The number of aromatic nitrogens is 2. The van der Waals surface area contributed by atoms with Crippen LogP contribution in [0.15, 0.2) is 24.3 Å². The third-order valence-corrected chi connectivity index (χ3v) is 3.40. The molecule has 0 saturated carbocycles. The van der Waals surface area contributed by atoms with Crippen LogP contribution in [-0.4, -0.2) is 23.9 Å². The van der Waals surface area contributed by atoms with Crippen molar-refractivity contribution in [1.82, 2.24) is 15.1 Å². The fraction of sp³-hybridized carbons (Fsp3) is 0.400. The largest absolute Gasteiger partial charge is 0.494 e. The maximum absolute atomic E-state index is 13.7. The molecule has 20 heavy (non-hydrogen) atoms. The minimum atomic E-state index is -0.332. The number of benzene rings is 1. The van der Waals surface area contributed by atoms with Crippen LogP contribution in [0.3, 0.4) is 0 Å². The van der Waals surface area contributed by atoms with Crippen molar-refractivity contribution in [3.05, 3.63) is 47.0 Å². The summed E-state index contributed by atoms with van der Waals surface area (Å²) in [5.74, 6) is -0.0628. The normalized spacial score (nSPS) is 12.4. The summed E-state index contributed by atoms with van der Waals surface area (Å²) < 4.78 is 20.5. The van der Waals surface area contributed by atoms with E-state index in [2.05, 4.69) is 10.4 Å². The minimum absolute atomic E-state index is 0.0917. The van der Waals surface area contributed by atoms with Gasteiger partial charge in [-0.1, -0.05) is 6.07 Å². The summed E-state index contributed by atoms with van der Waals surface area (Å²) in [5, 5.41) is 7.60. The average molecular weight is 277 g/mol. The quantitative estimate of drug-likeness (QED) is 0.912. The van der Waals surface area contributed by atoms with Crippen LogP contribution in [0.1, 0.15) is 23.0 Å². The van der Waals surface area contributed by atoms with Gasteiger partial charge in [-0.25, -0.2) is 4.39 Å². The highest BCUT2D eigenvalue weighted by molar-refractivity contribution is 5.30. The van der Waals surface area contributed by atoms with Crippen molar-refractivity contribution in [3.8, 4) is 5.75 Å². The molecule has 0 aliphatic rings. The second-order valence-electron chi connectivity index (χ2n) is 4.85. The van der Waals surface area contributed by atoms with E-state index in [4.69, 9.17) is 4.74 Å². The molecule has 2 rings (SSSR count). The number of hydrogen-bond donors (Lipinski definition) is 1. The Morgan fingerprint density at radius 2 is 2.15 bits per heavy atom. The van der Waals surface area contributed by atoms with Gasteiger partial charge < -0.3 is 10.1 Å². The highest BCUT2D eigenvalue weighted by atomic mass is 19.1. The Morgan fingerprint density at radius 3 is 2.65 bits per heavy atom. The van der Waals surface area contributed by atoms with E-state index < -0.39 is 0 Å². The van der Waals surface area contributed by atoms with Crippen molar-refractivity contribution in [3.63, 3.8) is 0 Å². The Bertz CT molecular complexity index is 595. The minimum Gasteiger partial charge on any atom is -0.494 e. The predicted molar refractivity (Wildman–Crippen MR) is 76.4 cm³/mol. The molecule has 1 unspecified atom stereocenters. The van der Waals surface area contributed by atoms with Gasteiger partial charge >= 0.3 is 0 Å². The maximum atomic E-state index is 13.7. The Balaban J connectivity index is 2.22. The zero-order chi connectivity index (χ0) is 14.7. The number of nitrogens with zero attached hydrogens (tertiary/aromatic N) is 2. The Morgan fingerprint density at radius 1 is 1.40 bits per heavy atom. The van der Waals surface area contributed by atoms with E-state index >= 15 is 0 Å². The number of halogens is 1. The summed E-state index contributed by atoms with van der Waals surface area (Å²) >= 11 is 0. The van der Waals surface area contributed by atoms with Crippen LogP contribution in [0.25, 0.3) is 0 Å². The van der Waals surface area contributed by atoms with E-state index in [-0.39, 0.29) is 17.6 Å². The molecule has 5 heteroatoms. The molecule has 108 valence electrons. The summed E-state index contributed by atoms with van der Waals surface area (Å²) in [6.45, 7) is 1.96. The Kier molecular flexibility index (Phi) is 4.39. The topological polar surface area (TPSA) is 39.1 Å². The zero-order valence-corrected chi connectivity index (χ0v) is 12.3. The first kappa shape index (κ1) is 14.5. The van der Waals surface area contributed by atoms with Crippen molar-refractivity contribution < 1.29 is 9.13 Å². The van der Waals surface area contributed by atoms with E-state index in [0.29, 0.717) is 6.42 Å². The lowest BCUT2D eigenvalue weighted by atomic mass is 10.0. The van der Waals surface area contributed by atoms with Crippen LogP contribution in [0.2, 0.25) is 0 Å². The van der Waals surface area contributed by atoms with E-state index in [1.807, 2.05) is 37.8 Å². The first-order valence-electron chi connectivity index (χ1n) is 6.55. The van der Waals surface area contributed by atoms with Crippen molar-refractivity contribution in [1.29, 1.82) is 0 Å². The number of nitrogens with one attached hydrogen (secondary N) is 1. The van der Waals surface area contributed by atoms with Gasteiger partial charge in [0, 0.05) is 7.05 Å². The molecule has 0 amide bonds. The van der Waals surface area contributed by atoms with E-state index in [1.54, 1.807) is 6.07 Å². The lowest BCUT2D eigenvalue weighted by molar-refractivity contribution is 0.386. The summed E-state index contributed by atoms with van der Waals surface area (Å²) in [4.78, 5) is 0. The number of likely N-dealkylation sites (N-methyl/N-ethyl adjacent to an activating group) is 1. The molecule has 1 atom stereocenters. The zero-order valence-electron chi connectivity index (χ0n) is 12.3. The highest BCUT2D eigenvalue weighted by Gasteiger charge is 2.16. The van der Waals surface area contributed by atoms with Gasteiger partial charge in [-0.15, -0.1) is 0 Å². The van der Waals surface area contributed by atoms with E-state index in [9.17, 15) is 4.39 Å². The predicted octanol–water partition coefficient (Wildman–Crippen LogP) is 2.38. The molecule has 0 saturated heterocycles. The fourth-order valence-corrected chi connectivity index (χ4v) is 2.38. The molecule has 1 aromatic carbocycles. The smallest absolute Gasteiger partial charge is 0.165 e. The molecule has 1 aromatic heterocycles. The number of ether oxygens (including phenoxy) is 1. The van der Waals surface area contributed by atoms with Gasteiger partial charge in [0.2, 0.25) is 0 Å². The van der Waals surface area contributed by atoms with Crippen LogP contribution in [0.5, 0.6) is 5.75 Å². The Hall–Kier alpha value is -1.88. The molecule has 0 spiro atoms. The molecule has 4 nitrogen and oxygen atoms in total. The summed E-state index contributed by atoms with van der Waals surface area (Å²) in [6, 6.07) is 7.20. The Labute approximate surface area is 118 Å². The molecular formula is C15H20FN3O. The van der Waals surface area contributed by atoms with Crippen LogP contribution >= 0.6 is 0 Å². The molecule has 0 bridgehead atoms. The van der Waals surface area contributed by atoms with Gasteiger partial charge in [0.25, 0.3) is 0 Å². The van der Waals surface area contributed by atoms with Crippen LogP contribution in [0, 0.1) is 12.7 Å².